The molecule has 3 rings (SSSR count). The summed E-state index contributed by atoms with van der Waals surface area (Å²) in [7, 11) is 0. The van der Waals surface area contributed by atoms with Crippen molar-refractivity contribution in [1.82, 2.24) is 9.78 Å². The molecule has 5 heteroatoms. The van der Waals surface area contributed by atoms with Crippen molar-refractivity contribution in [3.05, 3.63) is 60.2 Å². The van der Waals surface area contributed by atoms with E-state index in [-0.39, 0.29) is 6.61 Å². The first-order valence-corrected chi connectivity index (χ1v) is 6.20. The molecule has 0 saturated carbocycles. The first-order chi connectivity index (χ1) is 9.75. The highest BCUT2D eigenvalue weighted by atomic mass is 16.6. The lowest BCUT2D eigenvalue weighted by Crippen LogP contribution is -2.15. The summed E-state index contributed by atoms with van der Waals surface area (Å²) in [6, 6.07) is 16.7. The third kappa shape index (κ3) is 2.21. The van der Waals surface area contributed by atoms with Gasteiger partial charge in [0.2, 0.25) is 0 Å². The monoisotopic (exact) mass is 267 g/mol. The van der Waals surface area contributed by atoms with Crippen LogP contribution in [0.15, 0.2) is 54.6 Å². The van der Waals surface area contributed by atoms with E-state index < -0.39 is 6.09 Å². The Labute approximate surface area is 115 Å². The number of para-hydroxylation sites is 1. The number of rotatable bonds is 2. The highest BCUT2D eigenvalue weighted by Gasteiger charge is 2.14. The van der Waals surface area contributed by atoms with Crippen LogP contribution in [-0.2, 0) is 11.3 Å². The van der Waals surface area contributed by atoms with E-state index in [4.69, 9.17) is 10.5 Å². The van der Waals surface area contributed by atoms with Crippen molar-refractivity contribution >= 4 is 22.8 Å². The molecule has 0 aliphatic rings. The number of carbonyl (C=O) groups excluding carboxylic acids is 1. The average Bonchev–Trinajstić information content (AvgIpc) is 2.84. The van der Waals surface area contributed by atoms with Gasteiger partial charge in [-0.05, 0) is 17.7 Å². The molecule has 0 atom stereocenters. The molecule has 0 aliphatic carbocycles. The van der Waals surface area contributed by atoms with Crippen molar-refractivity contribution in [2.24, 2.45) is 0 Å². The Morgan fingerprint density at radius 3 is 2.60 bits per heavy atom. The highest BCUT2D eigenvalue weighted by Crippen LogP contribution is 2.20. The smallest absolute Gasteiger partial charge is 0.435 e. The summed E-state index contributed by atoms with van der Waals surface area (Å²) in [5.41, 5.74) is 7.35. The molecule has 0 unspecified atom stereocenters. The Balaban J connectivity index is 1.83. The maximum Gasteiger partial charge on any atom is 0.435 e. The molecule has 1 aromatic heterocycles. The van der Waals surface area contributed by atoms with Crippen molar-refractivity contribution in [3.63, 3.8) is 0 Å². The van der Waals surface area contributed by atoms with Crippen LogP contribution < -0.4 is 5.73 Å². The summed E-state index contributed by atoms with van der Waals surface area (Å²) in [6.45, 7) is 0.202. The van der Waals surface area contributed by atoms with Gasteiger partial charge in [-0.3, -0.25) is 0 Å². The van der Waals surface area contributed by atoms with Crippen LogP contribution in [0.25, 0.3) is 10.9 Å². The maximum absolute atomic E-state index is 12.1. The third-order valence-corrected chi connectivity index (χ3v) is 2.99. The van der Waals surface area contributed by atoms with Gasteiger partial charge in [-0.1, -0.05) is 42.5 Å². The normalized spacial score (nSPS) is 10.6. The Hall–Kier alpha value is -2.82. The Morgan fingerprint density at radius 2 is 1.80 bits per heavy atom. The summed E-state index contributed by atoms with van der Waals surface area (Å²) in [5.74, 6) is 0.317. The summed E-state index contributed by atoms with van der Waals surface area (Å²) in [6.07, 6.45) is -0.540. The van der Waals surface area contributed by atoms with Gasteiger partial charge in [0, 0.05) is 5.39 Å². The fraction of sp³-hybridized carbons (Fsp3) is 0.0667. The molecule has 2 aromatic carbocycles. The molecule has 0 radical (unpaired) electrons. The van der Waals surface area contributed by atoms with Crippen molar-refractivity contribution in [1.29, 1.82) is 0 Å². The zero-order valence-electron chi connectivity index (χ0n) is 10.7. The molecule has 0 saturated heterocycles. The topological polar surface area (TPSA) is 70.1 Å². The Kier molecular flexibility index (Phi) is 3.09. The second-order valence-electron chi connectivity index (χ2n) is 4.35. The molecule has 20 heavy (non-hydrogen) atoms. The lowest BCUT2D eigenvalue weighted by molar-refractivity contribution is 0.139. The quantitative estimate of drug-likeness (QED) is 0.775. The van der Waals surface area contributed by atoms with Crippen molar-refractivity contribution in [2.75, 3.05) is 5.73 Å². The number of hydrogen-bond acceptors (Lipinski definition) is 4. The lowest BCUT2D eigenvalue weighted by Gasteiger charge is -2.05. The summed E-state index contributed by atoms with van der Waals surface area (Å²) >= 11 is 0. The molecule has 3 aromatic rings. The molecule has 5 nitrogen and oxygen atoms in total. The number of nitrogens with two attached hydrogens (primary N) is 1. The molecular weight excluding hydrogens is 254 g/mol. The Bertz CT molecular complexity index is 750. The van der Waals surface area contributed by atoms with E-state index in [1.165, 1.54) is 4.68 Å². The molecule has 0 spiro atoms. The minimum Gasteiger partial charge on any atom is -0.443 e. The van der Waals surface area contributed by atoms with Crippen LogP contribution in [0.1, 0.15) is 5.56 Å². The standard InChI is InChI=1S/C15H13N3O2/c16-14-12-8-4-5-9-13(12)18(17-14)15(19)20-10-11-6-2-1-3-7-11/h1-9H,10H2,(H2,16,17). The number of hydrogen-bond donors (Lipinski definition) is 1. The molecule has 2 N–H and O–H groups in total. The average molecular weight is 267 g/mol. The van der Waals surface area contributed by atoms with Crippen LogP contribution >= 0.6 is 0 Å². The Morgan fingerprint density at radius 1 is 1.10 bits per heavy atom. The second kappa shape index (κ2) is 5.05. The first kappa shape index (κ1) is 12.2. The van der Waals surface area contributed by atoms with Gasteiger partial charge in [-0.25, -0.2) is 4.79 Å². The summed E-state index contributed by atoms with van der Waals surface area (Å²) in [4.78, 5) is 12.1. The number of nitrogens with zero attached hydrogens (tertiary/aromatic N) is 2. The van der Waals surface area contributed by atoms with Gasteiger partial charge in [0.25, 0.3) is 0 Å². The molecule has 0 amide bonds. The SMILES string of the molecule is Nc1nn(C(=O)OCc2ccccc2)c2ccccc12. The predicted molar refractivity (Wildman–Crippen MR) is 76.2 cm³/mol. The van der Waals surface area contributed by atoms with Gasteiger partial charge in [0.1, 0.15) is 6.61 Å². The van der Waals surface area contributed by atoms with Gasteiger partial charge in [-0.2, -0.15) is 4.68 Å². The lowest BCUT2D eigenvalue weighted by atomic mass is 10.2. The van der Waals surface area contributed by atoms with Crippen molar-refractivity contribution in [3.8, 4) is 0 Å². The van der Waals surface area contributed by atoms with Crippen LogP contribution in [0.5, 0.6) is 0 Å². The zero-order valence-corrected chi connectivity index (χ0v) is 10.7. The predicted octanol–water partition coefficient (Wildman–Crippen LogP) is 2.80. The fourth-order valence-corrected chi connectivity index (χ4v) is 2.01. The van der Waals surface area contributed by atoms with Crippen LogP contribution in [0.2, 0.25) is 0 Å². The van der Waals surface area contributed by atoms with Crippen LogP contribution in [0, 0.1) is 0 Å². The third-order valence-electron chi connectivity index (χ3n) is 2.99. The molecule has 0 bridgehead atoms. The number of carbonyl (C=O) groups is 1. The number of benzene rings is 2. The first-order valence-electron chi connectivity index (χ1n) is 6.20. The number of nitrogen functional groups attached to an aromatic ring is 1. The molecule has 0 fully saturated rings. The van der Waals surface area contributed by atoms with Gasteiger partial charge < -0.3 is 10.5 Å². The van der Waals surface area contributed by atoms with E-state index in [9.17, 15) is 4.79 Å². The van der Waals surface area contributed by atoms with Crippen molar-refractivity contribution in [2.45, 2.75) is 6.61 Å². The molecule has 100 valence electrons. The number of aromatic nitrogens is 2. The van der Waals surface area contributed by atoms with Crippen LogP contribution in [-0.4, -0.2) is 15.9 Å². The van der Waals surface area contributed by atoms with Gasteiger partial charge in [0.15, 0.2) is 5.82 Å². The molecular formula is C15H13N3O2. The minimum absolute atomic E-state index is 0.202. The van der Waals surface area contributed by atoms with E-state index in [2.05, 4.69) is 5.10 Å². The summed E-state index contributed by atoms with van der Waals surface area (Å²) < 4.78 is 6.43. The molecule has 0 aliphatic heterocycles. The zero-order chi connectivity index (χ0) is 13.9. The van der Waals surface area contributed by atoms with E-state index >= 15 is 0 Å². The largest absolute Gasteiger partial charge is 0.443 e. The van der Waals surface area contributed by atoms with Crippen molar-refractivity contribution < 1.29 is 9.53 Å². The van der Waals surface area contributed by atoms with E-state index in [1.807, 2.05) is 48.5 Å². The fourth-order valence-electron chi connectivity index (χ4n) is 2.01. The van der Waals surface area contributed by atoms with Crippen LogP contribution in [0.4, 0.5) is 10.6 Å². The number of anilines is 1. The van der Waals surface area contributed by atoms with Gasteiger partial charge in [-0.15, -0.1) is 5.10 Å². The second-order valence-corrected chi connectivity index (χ2v) is 4.35. The number of fused-ring (bicyclic) bond motifs is 1. The van der Waals surface area contributed by atoms with Gasteiger partial charge >= 0.3 is 6.09 Å². The van der Waals surface area contributed by atoms with Crippen LogP contribution in [0.3, 0.4) is 0 Å². The highest BCUT2D eigenvalue weighted by molar-refractivity contribution is 5.94. The van der Waals surface area contributed by atoms with E-state index in [0.29, 0.717) is 11.3 Å². The summed E-state index contributed by atoms with van der Waals surface area (Å²) in [5, 5.41) is 4.76. The van der Waals surface area contributed by atoms with Gasteiger partial charge in [0.05, 0.1) is 5.52 Å². The maximum atomic E-state index is 12.1. The van der Waals surface area contributed by atoms with E-state index in [0.717, 1.165) is 10.9 Å². The van der Waals surface area contributed by atoms with E-state index in [1.54, 1.807) is 6.07 Å². The minimum atomic E-state index is -0.540. The number of ether oxygens (including phenoxy) is 1. The molecule has 1 heterocycles.